The van der Waals surface area contributed by atoms with E-state index in [2.05, 4.69) is 20.5 Å². The molecule has 2 aromatic heterocycles. The smallest absolute Gasteiger partial charge is 0.266 e. The summed E-state index contributed by atoms with van der Waals surface area (Å²) in [7, 11) is 0. The molecule has 0 unspecified atom stereocenters. The van der Waals surface area contributed by atoms with Crippen LogP contribution >= 0.6 is 0 Å². The topological polar surface area (TPSA) is 104 Å². The van der Waals surface area contributed by atoms with E-state index in [1.807, 2.05) is 25.1 Å². The van der Waals surface area contributed by atoms with Crippen molar-refractivity contribution in [2.45, 2.75) is 13.5 Å². The first-order chi connectivity index (χ1) is 12.6. The Morgan fingerprint density at radius 3 is 2.92 bits per heavy atom. The van der Waals surface area contributed by atoms with Gasteiger partial charge in [-0.05, 0) is 30.7 Å². The molecule has 0 saturated heterocycles. The molecule has 0 saturated carbocycles. The zero-order chi connectivity index (χ0) is 18.4. The van der Waals surface area contributed by atoms with Crippen molar-refractivity contribution >= 4 is 5.91 Å². The minimum Gasteiger partial charge on any atom is -0.484 e. The van der Waals surface area contributed by atoms with Crippen LogP contribution in [0.5, 0.6) is 5.75 Å². The maximum Gasteiger partial charge on any atom is 0.266 e. The molecule has 0 aliphatic carbocycles. The second-order valence-corrected chi connectivity index (χ2v) is 5.55. The van der Waals surface area contributed by atoms with Crippen molar-refractivity contribution in [3.8, 4) is 11.6 Å². The van der Waals surface area contributed by atoms with Gasteiger partial charge in [0.15, 0.2) is 12.4 Å². The second kappa shape index (κ2) is 8.06. The van der Waals surface area contributed by atoms with E-state index in [-0.39, 0.29) is 31.2 Å². The van der Waals surface area contributed by atoms with Gasteiger partial charge in [-0.1, -0.05) is 12.1 Å². The molecule has 3 rings (SSSR count). The molecule has 1 amide bonds. The largest absolute Gasteiger partial charge is 0.484 e. The third-order valence-electron chi connectivity index (χ3n) is 3.51. The average Bonchev–Trinajstić information content (AvgIpc) is 3.16. The van der Waals surface area contributed by atoms with Gasteiger partial charge < -0.3 is 10.1 Å². The first kappa shape index (κ1) is 17.3. The highest BCUT2D eigenvalue weighted by molar-refractivity contribution is 5.77. The lowest BCUT2D eigenvalue weighted by molar-refractivity contribution is -0.123. The van der Waals surface area contributed by atoms with Crippen LogP contribution in [0.4, 0.5) is 0 Å². The van der Waals surface area contributed by atoms with E-state index >= 15 is 0 Å². The quantitative estimate of drug-likeness (QED) is 0.656. The first-order valence-electron chi connectivity index (χ1n) is 8.01. The van der Waals surface area contributed by atoms with Crippen molar-refractivity contribution in [3.05, 3.63) is 65.0 Å². The summed E-state index contributed by atoms with van der Waals surface area (Å²) in [5, 5.41) is 10.9. The van der Waals surface area contributed by atoms with Crippen LogP contribution in [-0.2, 0) is 11.3 Å². The molecule has 0 atom stereocenters. The van der Waals surface area contributed by atoms with Gasteiger partial charge in [-0.2, -0.15) is 5.10 Å². The lowest BCUT2D eigenvalue weighted by Gasteiger charge is -2.09. The molecule has 0 aliphatic heterocycles. The van der Waals surface area contributed by atoms with E-state index < -0.39 is 0 Å². The maximum absolute atomic E-state index is 11.9. The average molecular weight is 354 g/mol. The number of amides is 1. The summed E-state index contributed by atoms with van der Waals surface area (Å²) in [5.41, 5.74) is 0.791. The van der Waals surface area contributed by atoms with Gasteiger partial charge in [-0.3, -0.25) is 9.59 Å². The van der Waals surface area contributed by atoms with Gasteiger partial charge in [-0.15, -0.1) is 5.10 Å². The summed E-state index contributed by atoms with van der Waals surface area (Å²) in [6.45, 7) is 2.34. The fourth-order valence-corrected chi connectivity index (χ4v) is 2.25. The number of aromatic nitrogens is 5. The summed E-state index contributed by atoms with van der Waals surface area (Å²) in [6, 6.07) is 10.4. The summed E-state index contributed by atoms with van der Waals surface area (Å²) in [5.74, 6) is 0.835. The molecule has 26 heavy (non-hydrogen) atoms. The highest BCUT2D eigenvalue weighted by Gasteiger charge is 2.06. The van der Waals surface area contributed by atoms with E-state index in [9.17, 15) is 9.59 Å². The summed E-state index contributed by atoms with van der Waals surface area (Å²) >= 11 is 0. The van der Waals surface area contributed by atoms with Gasteiger partial charge in [0.1, 0.15) is 18.4 Å². The number of carbonyl (C=O) groups excluding carboxylic acids is 1. The fraction of sp³-hybridized carbons (Fsp3) is 0.235. The predicted molar refractivity (Wildman–Crippen MR) is 93.1 cm³/mol. The Kier molecular flexibility index (Phi) is 5.37. The monoisotopic (exact) mass is 354 g/mol. The van der Waals surface area contributed by atoms with Crippen LogP contribution in [0.3, 0.4) is 0 Å². The maximum atomic E-state index is 11.9. The highest BCUT2D eigenvalue weighted by atomic mass is 16.5. The highest BCUT2D eigenvalue weighted by Crippen LogP contribution is 2.11. The van der Waals surface area contributed by atoms with Crippen molar-refractivity contribution in [3.63, 3.8) is 0 Å². The molecule has 9 heteroatoms. The summed E-state index contributed by atoms with van der Waals surface area (Å²) < 4.78 is 8.14. The van der Waals surface area contributed by atoms with Gasteiger partial charge in [0.25, 0.3) is 11.5 Å². The van der Waals surface area contributed by atoms with Gasteiger partial charge >= 0.3 is 0 Å². The molecule has 0 radical (unpaired) electrons. The summed E-state index contributed by atoms with van der Waals surface area (Å²) in [4.78, 5) is 27.6. The van der Waals surface area contributed by atoms with Crippen molar-refractivity contribution in [1.29, 1.82) is 0 Å². The van der Waals surface area contributed by atoms with Crippen LogP contribution in [-0.4, -0.2) is 43.6 Å². The lowest BCUT2D eigenvalue weighted by Crippen LogP contribution is -2.34. The first-order valence-corrected chi connectivity index (χ1v) is 8.01. The van der Waals surface area contributed by atoms with Crippen LogP contribution in [0, 0.1) is 6.92 Å². The van der Waals surface area contributed by atoms with Crippen LogP contribution in [0.15, 0.2) is 53.8 Å². The number of hydrogen-bond acceptors (Lipinski definition) is 6. The van der Waals surface area contributed by atoms with E-state index in [4.69, 9.17) is 4.74 Å². The van der Waals surface area contributed by atoms with Crippen LogP contribution in [0.25, 0.3) is 5.82 Å². The molecule has 0 bridgehead atoms. The van der Waals surface area contributed by atoms with Crippen LogP contribution in [0.2, 0.25) is 0 Å². The zero-order valence-corrected chi connectivity index (χ0v) is 14.2. The van der Waals surface area contributed by atoms with E-state index in [0.29, 0.717) is 11.6 Å². The van der Waals surface area contributed by atoms with Crippen molar-refractivity contribution in [2.75, 3.05) is 13.2 Å². The number of ether oxygens (including phenoxy) is 1. The standard InChI is InChI=1S/C17H18N6O3/c1-13-3-2-4-14(9-13)26-10-16(24)19-7-8-22-17(25)6-5-15(21-22)23-12-18-11-20-23/h2-6,9,11-12H,7-8,10H2,1H3,(H,19,24). The second-order valence-electron chi connectivity index (χ2n) is 5.55. The Labute approximate surface area is 149 Å². The lowest BCUT2D eigenvalue weighted by atomic mass is 10.2. The molecule has 134 valence electrons. The molecule has 3 aromatic rings. The normalized spacial score (nSPS) is 10.5. The Hall–Kier alpha value is -3.49. The van der Waals surface area contributed by atoms with Crippen LogP contribution < -0.4 is 15.6 Å². The number of benzene rings is 1. The van der Waals surface area contributed by atoms with Gasteiger partial charge in [0.05, 0.1) is 6.54 Å². The molecule has 0 aliphatic rings. The van der Waals surface area contributed by atoms with Crippen molar-refractivity contribution in [1.82, 2.24) is 29.9 Å². The number of carbonyl (C=O) groups is 1. The minimum atomic E-state index is -0.271. The number of nitrogens with zero attached hydrogens (tertiary/aromatic N) is 5. The Morgan fingerprint density at radius 2 is 2.15 bits per heavy atom. The molecule has 1 N–H and O–H groups in total. The van der Waals surface area contributed by atoms with E-state index in [1.54, 1.807) is 12.1 Å². The van der Waals surface area contributed by atoms with E-state index in [0.717, 1.165) is 5.56 Å². The third kappa shape index (κ3) is 4.53. The van der Waals surface area contributed by atoms with Gasteiger partial charge in [-0.25, -0.2) is 14.3 Å². The molecule has 0 fully saturated rings. The van der Waals surface area contributed by atoms with E-state index in [1.165, 1.54) is 28.1 Å². The molecular formula is C17H18N6O3. The van der Waals surface area contributed by atoms with Crippen molar-refractivity contribution < 1.29 is 9.53 Å². The molecule has 2 heterocycles. The van der Waals surface area contributed by atoms with Gasteiger partial charge in [0.2, 0.25) is 0 Å². The number of nitrogens with one attached hydrogen (secondary N) is 1. The zero-order valence-electron chi connectivity index (χ0n) is 14.2. The SMILES string of the molecule is Cc1cccc(OCC(=O)NCCn2nc(-n3cncn3)ccc2=O)c1. The Bertz CT molecular complexity index is 936. The number of aryl methyl sites for hydroxylation is 1. The Balaban J connectivity index is 1.50. The molecule has 9 nitrogen and oxygen atoms in total. The molecule has 1 aromatic carbocycles. The minimum absolute atomic E-state index is 0.0925. The molecular weight excluding hydrogens is 336 g/mol. The summed E-state index contributed by atoms with van der Waals surface area (Å²) in [6.07, 6.45) is 2.87. The fourth-order valence-electron chi connectivity index (χ4n) is 2.25. The van der Waals surface area contributed by atoms with Crippen molar-refractivity contribution in [2.24, 2.45) is 0 Å². The number of hydrogen-bond donors (Lipinski definition) is 1. The third-order valence-corrected chi connectivity index (χ3v) is 3.51. The Morgan fingerprint density at radius 1 is 1.27 bits per heavy atom. The van der Waals surface area contributed by atoms with Gasteiger partial charge in [0, 0.05) is 12.6 Å². The number of rotatable bonds is 7. The van der Waals surface area contributed by atoms with Crippen LogP contribution in [0.1, 0.15) is 5.56 Å². The molecule has 0 spiro atoms. The predicted octanol–water partition coefficient (Wildman–Crippen LogP) is 0.328.